The number of halogens is 1. The van der Waals surface area contributed by atoms with Crippen LogP contribution in [0.5, 0.6) is 0 Å². The molecule has 0 aliphatic carbocycles. The molecule has 2 aromatic carbocycles. The number of amides is 1. The molecule has 0 N–H and O–H groups in total. The van der Waals surface area contributed by atoms with Crippen LogP contribution in [0.15, 0.2) is 59.1 Å². The first-order valence-corrected chi connectivity index (χ1v) is 7.04. The fourth-order valence-electron chi connectivity index (χ4n) is 2.55. The molecule has 1 atom stereocenters. The van der Waals surface area contributed by atoms with Gasteiger partial charge in [-0.25, -0.2) is 0 Å². The zero-order chi connectivity index (χ0) is 13.5. The van der Waals surface area contributed by atoms with Crippen molar-refractivity contribution in [1.29, 1.82) is 0 Å². The highest BCUT2D eigenvalue weighted by Crippen LogP contribution is 2.40. The van der Waals surface area contributed by atoms with Gasteiger partial charge >= 0.3 is 0 Å². The minimum atomic E-state index is -0.392. The van der Waals surface area contributed by atoms with Crippen molar-refractivity contribution in [3.63, 3.8) is 0 Å². The molecule has 1 aliphatic heterocycles. The topological polar surface area (TPSA) is 20.3 Å². The number of hydrogen-bond acceptors (Lipinski definition) is 1. The van der Waals surface area contributed by atoms with Crippen LogP contribution in [0.3, 0.4) is 0 Å². The van der Waals surface area contributed by atoms with Gasteiger partial charge in [0.15, 0.2) is 0 Å². The van der Waals surface area contributed by atoms with E-state index in [0.717, 1.165) is 22.3 Å². The van der Waals surface area contributed by atoms with Gasteiger partial charge in [-0.2, -0.15) is 0 Å². The van der Waals surface area contributed by atoms with E-state index in [9.17, 15) is 4.79 Å². The van der Waals surface area contributed by atoms with Crippen molar-refractivity contribution in [2.45, 2.75) is 12.3 Å². The second-order valence-electron chi connectivity index (χ2n) is 5.04. The molecule has 0 radical (unpaired) electrons. The first-order valence-electron chi connectivity index (χ1n) is 6.25. The first-order chi connectivity index (χ1) is 9.13. The Kier molecular flexibility index (Phi) is 2.94. The van der Waals surface area contributed by atoms with Crippen molar-refractivity contribution in [2.75, 3.05) is 11.4 Å². The predicted octanol–water partition coefficient (Wildman–Crippen LogP) is 3.75. The van der Waals surface area contributed by atoms with Crippen LogP contribution in [0.2, 0.25) is 0 Å². The molecule has 2 nitrogen and oxygen atoms in total. The molecule has 1 fully saturated rings. The van der Waals surface area contributed by atoms with Gasteiger partial charge in [0.05, 0.1) is 11.1 Å². The molecular weight excluding hydrogens is 302 g/mol. The molecule has 3 heteroatoms. The molecule has 0 spiro atoms. The summed E-state index contributed by atoms with van der Waals surface area (Å²) >= 11 is 3.50. The number of hydrogen-bond donors (Lipinski definition) is 0. The van der Waals surface area contributed by atoms with Crippen LogP contribution in [-0.4, -0.2) is 12.5 Å². The summed E-state index contributed by atoms with van der Waals surface area (Å²) in [6.45, 7) is 2.73. The van der Waals surface area contributed by atoms with Gasteiger partial charge in [0.2, 0.25) is 5.91 Å². The maximum Gasteiger partial charge on any atom is 0.239 e. The van der Waals surface area contributed by atoms with E-state index in [0.29, 0.717) is 0 Å². The number of carbonyl (C=O) groups is 1. The monoisotopic (exact) mass is 315 g/mol. The summed E-state index contributed by atoms with van der Waals surface area (Å²) in [5, 5.41) is 0. The summed E-state index contributed by atoms with van der Waals surface area (Å²) in [6, 6.07) is 17.8. The predicted molar refractivity (Wildman–Crippen MR) is 80.3 cm³/mol. The molecule has 19 heavy (non-hydrogen) atoms. The van der Waals surface area contributed by atoms with Gasteiger partial charge in [-0.3, -0.25) is 4.79 Å². The molecule has 96 valence electrons. The van der Waals surface area contributed by atoms with Crippen molar-refractivity contribution in [1.82, 2.24) is 0 Å². The van der Waals surface area contributed by atoms with Crippen LogP contribution in [0.25, 0.3) is 0 Å². The Morgan fingerprint density at radius 3 is 2.32 bits per heavy atom. The molecule has 1 amide bonds. The minimum Gasteiger partial charge on any atom is -0.309 e. The van der Waals surface area contributed by atoms with E-state index >= 15 is 0 Å². The fraction of sp³-hybridized carbons (Fsp3) is 0.188. The molecular formula is C16H14BrNO. The van der Waals surface area contributed by atoms with E-state index in [2.05, 4.69) is 15.9 Å². The minimum absolute atomic E-state index is 0.158. The lowest BCUT2D eigenvalue weighted by atomic mass is 9.74. The number of rotatable bonds is 2. The zero-order valence-electron chi connectivity index (χ0n) is 10.6. The third-order valence-corrected chi connectivity index (χ3v) is 4.42. The van der Waals surface area contributed by atoms with Crippen molar-refractivity contribution in [3.05, 3.63) is 64.6 Å². The number of benzene rings is 2. The van der Waals surface area contributed by atoms with Crippen molar-refractivity contribution in [3.8, 4) is 0 Å². The average Bonchev–Trinajstić information content (AvgIpc) is 2.46. The van der Waals surface area contributed by atoms with E-state index in [-0.39, 0.29) is 5.91 Å². The highest BCUT2D eigenvalue weighted by molar-refractivity contribution is 9.10. The second-order valence-corrected chi connectivity index (χ2v) is 5.90. The van der Waals surface area contributed by atoms with E-state index in [1.807, 2.05) is 66.4 Å². The van der Waals surface area contributed by atoms with Crippen LogP contribution in [0, 0.1) is 0 Å². The van der Waals surface area contributed by atoms with Crippen molar-refractivity contribution >= 4 is 27.5 Å². The van der Waals surface area contributed by atoms with E-state index < -0.39 is 5.41 Å². The fourth-order valence-corrected chi connectivity index (χ4v) is 3.05. The van der Waals surface area contributed by atoms with Gasteiger partial charge < -0.3 is 4.90 Å². The van der Waals surface area contributed by atoms with Crippen LogP contribution < -0.4 is 4.90 Å². The lowest BCUT2D eigenvalue weighted by Crippen LogP contribution is -2.63. The number of carbonyl (C=O) groups excluding carboxylic acids is 1. The Balaban J connectivity index is 1.90. The van der Waals surface area contributed by atoms with Gasteiger partial charge in [-0.05, 0) is 40.5 Å². The van der Waals surface area contributed by atoms with Crippen LogP contribution in [-0.2, 0) is 10.2 Å². The third kappa shape index (κ3) is 1.89. The summed E-state index contributed by atoms with van der Waals surface area (Å²) in [6.07, 6.45) is 0. The van der Waals surface area contributed by atoms with E-state index in [4.69, 9.17) is 0 Å². The molecule has 0 aromatic heterocycles. The molecule has 2 aromatic rings. The highest BCUT2D eigenvalue weighted by Gasteiger charge is 2.50. The summed E-state index contributed by atoms with van der Waals surface area (Å²) in [5.41, 5.74) is 1.64. The maximum atomic E-state index is 12.5. The third-order valence-electron chi connectivity index (χ3n) is 3.75. The summed E-state index contributed by atoms with van der Waals surface area (Å²) in [5.74, 6) is 0.158. The highest BCUT2D eigenvalue weighted by atomic mass is 79.9. The Bertz CT molecular complexity index is 626. The zero-order valence-corrected chi connectivity index (χ0v) is 12.2. The molecule has 3 rings (SSSR count). The SMILES string of the molecule is C[C@@]1(c2ccccc2)CN(c2ccccc2Br)C1=O. The van der Waals surface area contributed by atoms with Crippen molar-refractivity contribution in [2.24, 2.45) is 0 Å². The van der Waals surface area contributed by atoms with Crippen LogP contribution >= 0.6 is 15.9 Å². The van der Waals surface area contributed by atoms with Gasteiger partial charge in [0, 0.05) is 11.0 Å². The van der Waals surface area contributed by atoms with Crippen LogP contribution in [0.1, 0.15) is 12.5 Å². The lowest BCUT2D eigenvalue weighted by molar-refractivity contribution is -0.128. The quantitative estimate of drug-likeness (QED) is 0.773. The normalized spacial score (nSPS) is 22.2. The molecule has 1 aliphatic rings. The van der Waals surface area contributed by atoms with Gasteiger partial charge in [-0.15, -0.1) is 0 Å². The van der Waals surface area contributed by atoms with Gasteiger partial charge in [0.1, 0.15) is 0 Å². The molecule has 0 unspecified atom stereocenters. The first kappa shape index (κ1) is 12.4. The number of β-lactam (4-membered cyclic amide) rings is 1. The standard InChI is InChI=1S/C16H14BrNO/c1-16(12-7-3-2-4-8-12)11-18(15(16)19)14-10-6-5-9-13(14)17/h2-10H,11H2,1H3/t16-/m0/s1. The Morgan fingerprint density at radius 2 is 1.68 bits per heavy atom. The van der Waals surface area contributed by atoms with Gasteiger partial charge in [-0.1, -0.05) is 42.5 Å². The Hall–Kier alpha value is -1.61. The molecule has 1 saturated heterocycles. The number of para-hydroxylation sites is 1. The number of nitrogens with zero attached hydrogens (tertiary/aromatic N) is 1. The summed E-state index contributed by atoms with van der Waals surface area (Å²) in [4.78, 5) is 14.4. The molecule has 0 saturated carbocycles. The lowest BCUT2D eigenvalue weighted by Gasteiger charge is -2.47. The average molecular weight is 316 g/mol. The van der Waals surface area contributed by atoms with Crippen molar-refractivity contribution < 1.29 is 4.79 Å². The van der Waals surface area contributed by atoms with Gasteiger partial charge in [0.25, 0.3) is 0 Å². The van der Waals surface area contributed by atoms with E-state index in [1.54, 1.807) is 0 Å². The Labute approximate surface area is 121 Å². The maximum absolute atomic E-state index is 12.5. The molecule has 0 bridgehead atoms. The number of anilines is 1. The Morgan fingerprint density at radius 1 is 1.05 bits per heavy atom. The summed E-state index contributed by atoms with van der Waals surface area (Å²) in [7, 11) is 0. The summed E-state index contributed by atoms with van der Waals surface area (Å²) < 4.78 is 0.957. The molecule has 1 heterocycles. The van der Waals surface area contributed by atoms with Crippen LogP contribution in [0.4, 0.5) is 5.69 Å². The largest absolute Gasteiger partial charge is 0.309 e. The smallest absolute Gasteiger partial charge is 0.239 e. The second kappa shape index (κ2) is 4.49. The van der Waals surface area contributed by atoms with E-state index in [1.165, 1.54) is 0 Å².